The molecular formula is C26H21ClN2O4S2. The van der Waals surface area contributed by atoms with Gasteiger partial charge in [-0.25, -0.2) is 4.79 Å². The zero-order chi connectivity index (χ0) is 24.8. The van der Waals surface area contributed by atoms with Gasteiger partial charge in [0.15, 0.2) is 5.84 Å². The number of rotatable bonds is 7. The van der Waals surface area contributed by atoms with Crippen LogP contribution in [0.1, 0.15) is 22.8 Å². The molecule has 0 fully saturated rings. The van der Waals surface area contributed by atoms with Gasteiger partial charge in [0, 0.05) is 21.5 Å². The molecule has 0 unspecified atom stereocenters. The van der Waals surface area contributed by atoms with E-state index < -0.39 is 16.0 Å². The molecule has 4 aromatic rings. The van der Waals surface area contributed by atoms with E-state index in [4.69, 9.17) is 16.3 Å². The number of halogens is 1. The van der Waals surface area contributed by atoms with Gasteiger partial charge in [-0.15, -0.1) is 15.7 Å². The zero-order valence-corrected chi connectivity index (χ0v) is 21.0. The number of amidine groups is 1. The average Bonchev–Trinajstić information content (AvgIpc) is 3.29. The Morgan fingerprint density at radius 2 is 1.60 bits per heavy atom. The third kappa shape index (κ3) is 5.79. The summed E-state index contributed by atoms with van der Waals surface area (Å²) in [5, 5.41) is 5.77. The molecule has 1 aromatic heterocycles. The van der Waals surface area contributed by atoms with Crippen LogP contribution >= 0.6 is 22.9 Å². The third-order valence-electron chi connectivity index (χ3n) is 4.96. The molecule has 178 valence electrons. The van der Waals surface area contributed by atoms with E-state index in [1.165, 1.54) is 35.6 Å². The summed E-state index contributed by atoms with van der Waals surface area (Å²) in [6.45, 7) is 1.93. The molecule has 1 N–H and O–H groups in total. The Hall–Kier alpha value is -3.46. The van der Waals surface area contributed by atoms with Crippen molar-refractivity contribution in [3.63, 3.8) is 0 Å². The zero-order valence-electron chi connectivity index (χ0n) is 18.6. The quantitative estimate of drug-likeness (QED) is 0.169. The molecule has 0 amide bonds. The standard InChI is InChI=1S/C26H21ClN2O4S2/c1-2-33-26(30)23-22(18-9-5-3-6-10-18)17-34-25(23)28-24(19-11-7-4-8-12-19)29-35(31,32)21-15-13-20(27)14-16-21/h3-17H,2H2,1H3,(H,28,29). The molecule has 35 heavy (non-hydrogen) atoms. The third-order valence-corrected chi connectivity index (χ3v) is 7.40. The fourth-order valence-corrected chi connectivity index (χ4v) is 5.38. The molecule has 0 bridgehead atoms. The number of sulfonamides is 1. The average molecular weight is 525 g/mol. The molecule has 1 heterocycles. The monoisotopic (exact) mass is 524 g/mol. The highest BCUT2D eigenvalue weighted by atomic mass is 35.5. The van der Waals surface area contributed by atoms with Gasteiger partial charge in [0.25, 0.3) is 10.0 Å². The normalized spacial score (nSPS) is 11.8. The van der Waals surface area contributed by atoms with Crippen molar-refractivity contribution in [1.29, 1.82) is 0 Å². The van der Waals surface area contributed by atoms with Crippen molar-refractivity contribution in [2.45, 2.75) is 11.8 Å². The minimum atomic E-state index is -4.08. The van der Waals surface area contributed by atoms with E-state index in [-0.39, 0.29) is 17.3 Å². The first kappa shape index (κ1) is 24.7. The molecule has 0 aliphatic rings. The number of hydrogen-bond donors (Lipinski definition) is 1. The van der Waals surface area contributed by atoms with Crippen molar-refractivity contribution in [3.8, 4) is 11.1 Å². The molecule has 0 spiro atoms. The molecule has 3 aromatic carbocycles. The molecule has 0 saturated heterocycles. The van der Waals surface area contributed by atoms with Crippen molar-refractivity contribution in [2.24, 2.45) is 4.40 Å². The lowest BCUT2D eigenvalue weighted by atomic mass is 10.0. The van der Waals surface area contributed by atoms with Crippen molar-refractivity contribution in [3.05, 3.63) is 106 Å². The van der Waals surface area contributed by atoms with Crippen molar-refractivity contribution in [2.75, 3.05) is 11.9 Å². The molecule has 0 atom stereocenters. The molecule has 0 saturated carbocycles. The van der Waals surface area contributed by atoms with Gasteiger partial charge < -0.3 is 10.1 Å². The van der Waals surface area contributed by atoms with Gasteiger partial charge in [0.05, 0.1) is 11.5 Å². The lowest BCUT2D eigenvalue weighted by Crippen LogP contribution is -2.18. The van der Waals surface area contributed by atoms with Gasteiger partial charge in [-0.2, -0.15) is 8.42 Å². The Bertz CT molecular complexity index is 1450. The van der Waals surface area contributed by atoms with Crippen LogP contribution in [-0.4, -0.2) is 26.8 Å². The number of carbonyl (C=O) groups excluding carboxylic acids is 1. The second-order valence-electron chi connectivity index (χ2n) is 7.30. The number of benzene rings is 3. The van der Waals surface area contributed by atoms with Crippen LogP contribution in [0.2, 0.25) is 5.02 Å². The van der Waals surface area contributed by atoms with Gasteiger partial charge in [-0.1, -0.05) is 72.3 Å². The largest absolute Gasteiger partial charge is 0.462 e. The van der Waals surface area contributed by atoms with Gasteiger partial charge in [-0.3, -0.25) is 0 Å². The molecule has 9 heteroatoms. The van der Waals surface area contributed by atoms with Gasteiger partial charge in [0.1, 0.15) is 10.6 Å². The summed E-state index contributed by atoms with van der Waals surface area (Å²) >= 11 is 7.18. The topological polar surface area (TPSA) is 84.8 Å². The second-order valence-corrected chi connectivity index (χ2v) is 10.2. The molecule has 0 aliphatic carbocycles. The van der Waals surface area contributed by atoms with Crippen LogP contribution in [0.5, 0.6) is 0 Å². The van der Waals surface area contributed by atoms with Gasteiger partial charge in [-0.05, 0) is 36.8 Å². The van der Waals surface area contributed by atoms with E-state index in [1.54, 1.807) is 31.2 Å². The summed E-state index contributed by atoms with van der Waals surface area (Å²) in [6, 6.07) is 24.0. The number of nitrogens with zero attached hydrogens (tertiary/aromatic N) is 1. The fraction of sp³-hybridized carbons (Fsp3) is 0.0769. The molecule has 6 nitrogen and oxygen atoms in total. The maximum Gasteiger partial charge on any atom is 0.341 e. The lowest BCUT2D eigenvalue weighted by Gasteiger charge is -2.12. The van der Waals surface area contributed by atoms with Gasteiger partial charge in [0.2, 0.25) is 0 Å². The Balaban J connectivity index is 1.82. The lowest BCUT2D eigenvalue weighted by molar-refractivity contribution is 0.0529. The smallest absolute Gasteiger partial charge is 0.341 e. The number of carbonyl (C=O) groups is 1. The van der Waals surface area contributed by atoms with E-state index >= 15 is 0 Å². The maximum atomic E-state index is 13.1. The molecule has 0 aliphatic heterocycles. The number of hydrogen-bond acceptors (Lipinski definition) is 5. The van der Waals surface area contributed by atoms with Crippen molar-refractivity contribution in [1.82, 2.24) is 0 Å². The van der Waals surface area contributed by atoms with Gasteiger partial charge >= 0.3 is 5.97 Å². The van der Waals surface area contributed by atoms with Crippen LogP contribution in [0.4, 0.5) is 5.00 Å². The summed E-state index contributed by atoms with van der Waals surface area (Å²) in [6.07, 6.45) is 0. The molecule has 4 rings (SSSR count). The first-order chi connectivity index (χ1) is 16.9. The van der Waals surface area contributed by atoms with Crippen LogP contribution in [-0.2, 0) is 14.8 Å². The minimum absolute atomic E-state index is 0.00102. The minimum Gasteiger partial charge on any atom is -0.462 e. The molecule has 0 radical (unpaired) electrons. The highest BCUT2D eigenvalue weighted by molar-refractivity contribution is 7.90. The highest BCUT2D eigenvalue weighted by Gasteiger charge is 2.24. The number of thiophene rings is 1. The second kappa shape index (κ2) is 10.9. The molecular weight excluding hydrogens is 504 g/mol. The summed E-state index contributed by atoms with van der Waals surface area (Å²) in [5.41, 5.74) is 2.38. The Kier molecular flexibility index (Phi) is 7.65. The highest BCUT2D eigenvalue weighted by Crippen LogP contribution is 2.36. The van der Waals surface area contributed by atoms with E-state index in [0.717, 1.165) is 5.56 Å². The summed E-state index contributed by atoms with van der Waals surface area (Å²) in [7, 11) is -4.08. The van der Waals surface area contributed by atoms with E-state index in [0.29, 0.717) is 26.7 Å². The van der Waals surface area contributed by atoms with E-state index in [1.807, 2.05) is 41.8 Å². The van der Waals surface area contributed by atoms with E-state index in [9.17, 15) is 13.2 Å². The fourth-order valence-electron chi connectivity index (χ4n) is 3.32. The summed E-state index contributed by atoms with van der Waals surface area (Å²) in [4.78, 5) is 13.0. The van der Waals surface area contributed by atoms with Crippen LogP contribution in [0.25, 0.3) is 11.1 Å². The number of esters is 1. The number of ether oxygens (including phenoxy) is 1. The first-order valence-electron chi connectivity index (χ1n) is 10.7. The van der Waals surface area contributed by atoms with Crippen LogP contribution in [0, 0.1) is 0 Å². The number of nitrogens with one attached hydrogen (secondary N) is 1. The first-order valence-corrected chi connectivity index (χ1v) is 13.4. The summed E-state index contributed by atoms with van der Waals surface area (Å²) in [5.74, 6) is -0.435. The Morgan fingerprint density at radius 1 is 0.971 bits per heavy atom. The number of anilines is 1. The van der Waals surface area contributed by atoms with E-state index in [2.05, 4.69) is 9.71 Å². The Labute approximate surface area is 212 Å². The van der Waals surface area contributed by atoms with Crippen LogP contribution < -0.4 is 5.32 Å². The predicted octanol–water partition coefficient (Wildman–Crippen LogP) is 6.49. The SMILES string of the molecule is CCOC(=O)c1c(-c2ccccc2)csc1N/C(=N\S(=O)(=O)c1ccc(Cl)cc1)c1ccccc1. The van der Waals surface area contributed by atoms with Crippen LogP contribution in [0.15, 0.2) is 99.6 Å². The predicted molar refractivity (Wildman–Crippen MR) is 141 cm³/mol. The summed E-state index contributed by atoms with van der Waals surface area (Å²) < 4.78 is 35.6. The van der Waals surface area contributed by atoms with Crippen molar-refractivity contribution >= 4 is 49.8 Å². The maximum absolute atomic E-state index is 13.1. The Morgan fingerprint density at radius 3 is 2.23 bits per heavy atom. The van der Waals surface area contributed by atoms with Crippen LogP contribution in [0.3, 0.4) is 0 Å². The van der Waals surface area contributed by atoms with Crippen molar-refractivity contribution < 1.29 is 17.9 Å².